The number of ether oxygens (including phenoxy) is 2. The first-order valence-electron chi connectivity index (χ1n) is 6.02. The van der Waals surface area contributed by atoms with E-state index in [0.29, 0.717) is 24.4 Å². The van der Waals surface area contributed by atoms with Gasteiger partial charge in [0, 0.05) is 16.7 Å². The zero-order valence-corrected chi connectivity index (χ0v) is 12.5. The molecule has 1 fully saturated rings. The smallest absolute Gasteiger partial charge is 0.253 e. The predicted octanol–water partition coefficient (Wildman–Crippen LogP) is 1.91. The highest BCUT2D eigenvalue weighted by Crippen LogP contribution is 2.22. The van der Waals surface area contributed by atoms with E-state index in [0.717, 1.165) is 4.47 Å². The first-order valence-corrected chi connectivity index (χ1v) is 6.82. The summed E-state index contributed by atoms with van der Waals surface area (Å²) in [7, 11) is 0. The molecule has 1 aliphatic heterocycles. The van der Waals surface area contributed by atoms with Crippen LogP contribution in [-0.4, -0.2) is 30.9 Å². The highest BCUT2D eigenvalue weighted by molar-refractivity contribution is 9.10. The molecule has 2 rings (SSSR count). The highest BCUT2D eigenvalue weighted by atomic mass is 79.9. The summed E-state index contributed by atoms with van der Waals surface area (Å²) >= 11 is 3.30. The number of anilines is 1. The molecule has 1 atom stereocenters. The lowest BCUT2D eigenvalue weighted by Gasteiger charge is -2.17. The van der Waals surface area contributed by atoms with Gasteiger partial charge < -0.3 is 20.5 Å². The Morgan fingerprint density at radius 2 is 2.32 bits per heavy atom. The fourth-order valence-corrected chi connectivity index (χ4v) is 2.28. The van der Waals surface area contributed by atoms with Crippen LogP contribution < -0.4 is 11.1 Å². The monoisotopic (exact) mass is 328 g/mol. The number of amides is 1. The maximum atomic E-state index is 12.0. The van der Waals surface area contributed by atoms with Gasteiger partial charge in [-0.15, -0.1) is 0 Å². The first-order chi connectivity index (χ1) is 8.87. The van der Waals surface area contributed by atoms with Crippen molar-refractivity contribution >= 4 is 27.5 Å². The largest absolute Gasteiger partial charge is 0.398 e. The van der Waals surface area contributed by atoms with Gasteiger partial charge in [0.2, 0.25) is 0 Å². The molecule has 0 radical (unpaired) electrons. The topological polar surface area (TPSA) is 73.6 Å². The van der Waals surface area contributed by atoms with Crippen LogP contribution in [0.15, 0.2) is 22.7 Å². The van der Waals surface area contributed by atoms with E-state index >= 15 is 0 Å². The molecule has 3 N–H and O–H groups in total. The maximum absolute atomic E-state index is 12.0. The van der Waals surface area contributed by atoms with Crippen molar-refractivity contribution in [2.24, 2.45) is 0 Å². The van der Waals surface area contributed by atoms with E-state index in [9.17, 15) is 4.79 Å². The van der Waals surface area contributed by atoms with Crippen LogP contribution in [0.2, 0.25) is 0 Å². The summed E-state index contributed by atoms with van der Waals surface area (Å²) in [4.78, 5) is 12.0. The number of rotatable bonds is 3. The van der Waals surface area contributed by atoms with Crippen molar-refractivity contribution in [1.82, 2.24) is 5.32 Å². The second kappa shape index (κ2) is 5.48. The summed E-state index contributed by atoms with van der Waals surface area (Å²) in [5.74, 6) is -0.787. The predicted molar refractivity (Wildman–Crippen MR) is 75.8 cm³/mol. The third-order valence-corrected chi connectivity index (χ3v) is 3.31. The summed E-state index contributed by atoms with van der Waals surface area (Å²) in [6.45, 7) is 4.57. The van der Waals surface area contributed by atoms with E-state index in [1.807, 2.05) is 13.8 Å². The van der Waals surface area contributed by atoms with Crippen LogP contribution in [0.1, 0.15) is 24.2 Å². The zero-order chi connectivity index (χ0) is 14.0. The summed E-state index contributed by atoms with van der Waals surface area (Å²) in [5, 5.41) is 2.80. The van der Waals surface area contributed by atoms with Crippen molar-refractivity contribution in [3.63, 3.8) is 0 Å². The summed E-state index contributed by atoms with van der Waals surface area (Å²) in [6.07, 6.45) is -0.129. The van der Waals surface area contributed by atoms with E-state index in [-0.39, 0.29) is 12.0 Å². The molecule has 1 aromatic carbocycles. The van der Waals surface area contributed by atoms with E-state index in [4.69, 9.17) is 15.2 Å². The maximum Gasteiger partial charge on any atom is 0.253 e. The average molecular weight is 329 g/mol. The Balaban J connectivity index is 1.91. The number of hydrogen-bond acceptors (Lipinski definition) is 4. The number of carbonyl (C=O) groups is 1. The molecule has 6 heteroatoms. The molecule has 1 aromatic rings. The Bertz CT molecular complexity index is 491. The van der Waals surface area contributed by atoms with Crippen LogP contribution >= 0.6 is 15.9 Å². The fraction of sp³-hybridized carbons (Fsp3) is 0.462. The molecule has 104 valence electrons. The van der Waals surface area contributed by atoms with Crippen LogP contribution in [0.25, 0.3) is 0 Å². The third-order valence-electron chi connectivity index (χ3n) is 2.82. The number of carbonyl (C=O) groups excluding carboxylic acids is 1. The second-order valence-corrected chi connectivity index (χ2v) is 5.81. The summed E-state index contributed by atoms with van der Waals surface area (Å²) in [5.41, 5.74) is 6.70. The van der Waals surface area contributed by atoms with Crippen molar-refractivity contribution in [3.8, 4) is 0 Å². The van der Waals surface area contributed by atoms with Gasteiger partial charge in [-0.3, -0.25) is 4.79 Å². The lowest BCUT2D eigenvalue weighted by atomic mass is 10.1. The van der Waals surface area contributed by atoms with E-state index in [1.165, 1.54) is 0 Å². The van der Waals surface area contributed by atoms with Crippen LogP contribution in [-0.2, 0) is 9.47 Å². The van der Waals surface area contributed by atoms with Crippen molar-refractivity contribution in [2.45, 2.75) is 25.7 Å². The second-order valence-electron chi connectivity index (χ2n) is 4.89. The molecule has 1 heterocycles. The number of nitrogen functional groups attached to an aromatic ring is 1. The van der Waals surface area contributed by atoms with Gasteiger partial charge in [0.25, 0.3) is 5.91 Å². The van der Waals surface area contributed by atoms with Crippen LogP contribution in [0.3, 0.4) is 0 Å². The van der Waals surface area contributed by atoms with Gasteiger partial charge in [-0.2, -0.15) is 0 Å². The van der Waals surface area contributed by atoms with E-state index in [2.05, 4.69) is 21.2 Å². The van der Waals surface area contributed by atoms with Gasteiger partial charge in [0.1, 0.15) is 6.10 Å². The summed E-state index contributed by atoms with van der Waals surface area (Å²) in [6, 6.07) is 5.17. The number of hydrogen-bond donors (Lipinski definition) is 2. The Morgan fingerprint density at radius 1 is 1.58 bits per heavy atom. The van der Waals surface area contributed by atoms with Gasteiger partial charge in [-0.25, -0.2) is 0 Å². The number of benzene rings is 1. The Kier molecular flexibility index (Phi) is 4.13. The molecule has 1 aliphatic rings. The average Bonchev–Trinajstić information content (AvgIpc) is 2.66. The molecule has 1 amide bonds. The molecule has 0 bridgehead atoms. The fourth-order valence-electron chi connectivity index (χ4n) is 1.91. The van der Waals surface area contributed by atoms with E-state index in [1.54, 1.807) is 18.2 Å². The number of nitrogens with two attached hydrogens (primary N) is 1. The number of halogens is 1. The van der Waals surface area contributed by atoms with Gasteiger partial charge >= 0.3 is 0 Å². The Labute approximate surface area is 120 Å². The highest BCUT2D eigenvalue weighted by Gasteiger charge is 2.32. The molecule has 0 aromatic heterocycles. The van der Waals surface area contributed by atoms with Crippen molar-refractivity contribution < 1.29 is 14.3 Å². The molecule has 0 aliphatic carbocycles. The minimum atomic E-state index is -0.577. The quantitative estimate of drug-likeness (QED) is 0.831. The standard InChI is InChI=1S/C13H17BrN2O3/c1-13(2)18-7-9(19-13)6-16-12(17)10-4-3-8(14)5-11(10)15/h3-5,9H,6-7,15H2,1-2H3,(H,16,17). The molecular weight excluding hydrogens is 312 g/mol. The Hall–Kier alpha value is -1.11. The van der Waals surface area contributed by atoms with Gasteiger partial charge in [0.05, 0.1) is 12.2 Å². The van der Waals surface area contributed by atoms with Crippen molar-refractivity contribution in [3.05, 3.63) is 28.2 Å². The van der Waals surface area contributed by atoms with Crippen LogP contribution in [0.4, 0.5) is 5.69 Å². The van der Waals surface area contributed by atoms with Crippen LogP contribution in [0, 0.1) is 0 Å². The summed E-state index contributed by atoms with van der Waals surface area (Å²) < 4.78 is 11.9. The van der Waals surface area contributed by atoms with Crippen molar-refractivity contribution in [2.75, 3.05) is 18.9 Å². The van der Waals surface area contributed by atoms with Crippen molar-refractivity contribution in [1.29, 1.82) is 0 Å². The normalized spacial score (nSPS) is 21.3. The molecule has 1 saturated heterocycles. The minimum absolute atomic E-state index is 0.129. The molecule has 19 heavy (non-hydrogen) atoms. The molecule has 1 unspecified atom stereocenters. The van der Waals surface area contributed by atoms with E-state index < -0.39 is 5.79 Å². The lowest BCUT2D eigenvalue weighted by Crippen LogP contribution is -2.34. The molecule has 0 spiro atoms. The van der Waals surface area contributed by atoms with Gasteiger partial charge in [-0.05, 0) is 32.0 Å². The minimum Gasteiger partial charge on any atom is -0.398 e. The van der Waals surface area contributed by atoms with Gasteiger partial charge in [-0.1, -0.05) is 15.9 Å². The number of nitrogens with one attached hydrogen (secondary N) is 1. The molecular formula is C13H17BrN2O3. The van der Waals surface area contributed by atoms with Gasteiger partial charge in [0.15, 0.2) is 5.79 Å². The molecule has 0 saturated carbocycles. The zero-order valence-electron chi connectivity index (χ0n) is 10.9. The third kappa shape index (κ3) is 3.68. The van der Waals surface area contributed by atoms with Crippen LogP contribution in [0.5, 0.6) is 0 Å². The Morgan fingerprint density at radius 3 is 2.89 bits per heavy atom. The SMILES string of the molecule is CC1(C)OCC(CNC(=O)c2ccc(Br)cc2N)O1. The first kappa shape index (κ1) is 14.3. The molecule has 5 nitrogen and oxygen atoms in total. The lowest BCUT2D eigenvalue weighted by molar-refractivity contribution is -0.137.